The molecule has 0 atom stereocenters. The van der Waals surface area contributed by atoms with Crippen LogP contribution < -0.4 is 14.8 Å². The lowest BCUT2D eigenvalue weighted by molar-refractivity contribution is -0.129. The molecule has 0 saturated heterocycles. The van der Waals surface area contributed by atoms with E-state index in [1.165, 1.54) is 31.4 Å². The molecule has 0 unspecified atom stereocenters. The lowest BCUT2D eigenvalue weighted by Gasteiger charge is -2.05. The van der Waals surface area contributed by atoms with Crippen LogP contribution in [0.25, 0.3) is 12.2 Å². The average molecular weight is 431 g/mol. The Morgan fingerprint density at radius 3 is 1.91 bits per heavy atom. The molecule has 8 heteroatoms. The molecule has 0 bridgehead atoms. The molecule has 2 aromatic carbocycles. The van der Waals surface area contributed by atoms with Crippen LogP contribution in [0, 0.1) is 22.7 Å². The fourth-order valence-electron chi connectivity index (χ4n) is 2.47. The van der Waals surface area contributed by atoms with Crippen molar-refractivity contribution in [3.8, 4) is 23.6 Å². The maximum atomic E-state index is 12.3. The minimum Gasteiger partial charge on any atom is -0.497 e. The first kappa shape index (κ1) is 23.9. The monoisotopic (exact) mass is 431 g/mol. The van der Waals surface area contributed by atoms with Crippen LogP contribution in [0.1, 0.15) is 11.1 Å². The molecule has 0 aromatic heterocycles. The molecular weight excluding hydrogens is 410 g/mol. The van der Waals surface area contributed by atoms with Crippen LogP contribution >= 0.6 is 0 Å². The number of ether oxygens (including phenoxy) is 3. The number of nitrogens with one attached hydrogen (secondary N) is 1. The predicted molar refractivity (Wildman–Crippen MR) is 117 cm³/mol. The van der Waals surface area contributed by atoms with E-state index in [0.717, 1.165) is 0 Å². The largest absolute Gasteiger partial charge is 0.497 e. The summed E-state index contributed by atoms with van der Waals surface area (Å²) in [5.74, 6) is -0.445. The highest BCUT2D eigenvalue weighted by Gasteiger charge is 2.13. The van der Waals surface area contributed by atoms with Crippen LogP contribution in [0.2, 0.25) is 0 Å². The number of benzene rings is 2. The van der Waals surface area contributed by atoms with Gasteiger partial charge in [0, 0.05) is 13.7 Å². The summed E-state index contributed by atoms with van der Waals surface area (Å²) in [4.78, 5) is 24.3. The van der Waals surface area contributed by atoms with Crippen molar-refractivity contribution in [3.05, 3.63) is 70.8 Å². The number of carbonyl (C=O) groups excluding carboxylic acids is 2. The number of nitriles is 2. The van der Waals surface area contributed by atoms with E-state index < -0.39 is 11.9 Å². The van der Waals surface area contributed by atoms with Crippen LogP contribution in [0.5, 0.6) is 11.5 Å². The SMILES string of the molecule is COCCNC(=O)/C(C#N)=C/c1ccc(OC(=O)/C(C#N)=C/c2ccc(OC)cc2)cc1. The fourth-order valence-corrected chi connectivity index (χ4v) is 2.47. The summed E-state index contributed by atoms with van der Waals surface area (Å²) in [6.07, 6.45) is 2.83. The number of esters is 1. The number of hydrogen-bond acceptors (Lipinski definition) is 7. The molecule has 2 rings (SSSR count). The Balaban J connectivity index is 2.07. The summed E-state index contributed by atoms with van der Waals surface area (Å²) >= 11 is 0. The van der Waals surface area contributed by atoms with Gasteiger partial charge in [-0.05, 0) is 47.5 Å². The van der Waals surface area contributed by atoms with Crippen molar-refractivity contribution in [2.24, 2.45) is 0 Å². The van der Waals surface area contributed by atoms with Crippen LogP contribution in [0.15, 0.2) is 59.7 Å². The Morgan fingerprint density at radius 2 is 1.41 bits per heavy atom. The van der Waals surface area contributed by atoms with Gasteiger partial charge in [0.2, 0.25) is 0 Å². The van der Waals surface area contributed by atoms with Gasteiger partial charge in [0.25, 0.3) is 5.91 Å². The third kappa shape index (κ3) is 7.13. The summed E-state index contributed by atoms with van der Waals surface area (Å²) in [5.41, 5.74) is 0.976. The number of nitrogens with zero attached hydrogens (tertiary/aromatic N) is 2. The summed E-state index contributed by atoms with van der Waals surface area (Å²) in [5, 5.41) is 21.1. The maximum Gasteiger partial charge on any atom is 0.354 e. The van der Waals surface area contributed by atoms with Gasteiger partial charge in [-0.3, -0.25) is 4.79 Å². The van der Waals surface area contributed by atoms with Gasteiger partial charge in [-0.2, -0.15) is 10.5 Å². The Hall–Kier alpha value is -4.40. The first-order valence-electron chi connectivity index (χ1n) is 9.47. The lowest BCUT2D eigenvalue weighted by Crippen LogP contribution is -2.27. The number of rotatable bonds is 9. The molecule has 162 valence electrons. The standard InChI is InChI=1S/C24H21N3O5/c1-30-12-11-27-23(28)19(15-25)13-17-5-9-22(10-6-17)32-24(29)20(16-26)14-18-3-7-21(31-2)8-4-18/h3-10,13-14H,11-12H2,1-2H3,(H,27,28)/b19-13+,20-14+. The highest BCUT2D eigenvalue weighted by molar-refractivity contribution is 6.01. The number of amides is 1. The van der Waals surface area contributed by atoms with Crippen LogP contribution in [0.3, 0.4) is 0 Å². The number of carbonyl (C=O) groups is 2. The van der Waals surface area contributed by atoms with Gasteiger partial charge < -0.3 is 19.5 Å². The van der Waals surface area contributed by atoms with Gasteiger partial charge in [-0.1, -0.05) is 24.3 Å². The van der Waals surface area contributed by atoms with Gasteiger partial charge in [-0.15, -0.1) is 0 Å². The van der Waals surface area contributed by atoms with Gasteiger partial charge in [0.15, 0.2) is 0 Å². The Labute approximate surface area is 185 Å². The third-order valence-electron chi connectivity index (χ3n) is 4.13. The van der Waals surface area contributed by atoms with Crippen molar-refractivity contribution in [2.45, 2.75) is 0 Å². The van der Waals surface area contributed by atoms with Crippen molar-refractivity contribution in [1.29, 1.82) is 10.5 Å². The van der Waals surface area contributed by atoms with Crippen molar-refractivity contribution in [1.82, 2.24) is 5.32 Å². The molecule has 0 aliphatic carbocycles. The second-order valence-corrected chi connectivity index (χ2v) is 6.32. The normalized spacial score (nSPS) is 11.1. The van der Waals surface area contributed by atoms with E-state index in [1.54, 1.807) is 43.5 Å². The molecule has 0 saturated carbocycles. The summed E-state index contributed by atoms with van der Waals surface area (Å²) < 4.78 is 15.2. The number of methoxy groups -OCH3 is 2. The van der Waals surface area contributed by atoms with E-state index in [4.69, 9.17) is 14.2 Å². The Kier molecular flexibility index (Phi) is 9.20. The van der Waals surface area contributed by atoms with E-state index in [0.29, 0.717) is 23.5 Å². The highest BCUT2D eigenvalue weighted by Crippen LogP contribution is 2.18. The van der Waals surface area contributed by atoms with Crippen molar-refractivity contribution in [3.63, 3.8) is 0 Å². The fraction of sp³-hybridized carbons (Fsp3) is 0.167. The zero-order valence-corrected chi connectivity index (χ0v) is 17.6. The first-order valence-corrected chi connectivity index (χ1v) is 9.47. The molecule has 8 nitrogen and oxygen atoms in total. The van der Waals surface area contributed by atoms with Gasteiger partial charge in [0.1, 0.15) is 34.8 Å². The van der Waals surface area contributed by atoms with Crippen LogP contribution in [-0.4, -0.2) is 39.2 Å². The second-order valence-electron chi connectivity index (χ2n) is 6.32. The molecule has 0 fully saturated rings. The van der Waals surface area contributed by atoms with E-state index in [9.17, 15) is 20.1 Å². The Morgan fingerprint density at radius 1 is 0.875 bits per heavy atom. The van der Waals surface area contributed by atoms with Crippen molar-refractivity contribution >= 4 is 24.0 Å². The van der Waals surface area contributed by atoms with E-state index >= 15 is 0 Å². The maximum absolute atomic E-state index is 12.3. The molecule has 0 heterocycles. The molecule has 0 aliphatic heterocycles. The highest BCUT2D eigenvalue weighted by atomic mass is 16.5. The Bertz CT molecular complexity index is 1090. The zero-order valence-electron chi connectivity index (χ0n) is 17.6. The quantitative estimate of drug-likeness (QED) is 0.213. The smallest absolute Gasteiger partial charge is 0.354 e. The molecular formula is C24H21N3O5. The van der Waals surface area contributed by atoms with Crippen molar-refractivity contribution < 1.29 is 23.8 Å². The second kappa shape index (κ2) is 12.3. The van der Waals surface area contributed by atoms with Gasteiger partial charge >= 0.3 is 5.97 Å². The van der Waals surface area contributed by atoms with Gasteiger partial charge in [-0.25, -0.2) is 4.79 Å². The molecule has 32 heavy (non-hydrogen) atoms. The van der Waals surface area contributed by atoms with E-state index in [2.05, 4.69) is 5.32 Å². The molecule has 0 spiro atoms. The minimum absolute atomic E-state index is 0.0694. The summed E-state index contributed by atoms with van der Waals surface area (Å²) in [7, 11) is 3.05. The minimum atomic E-state index is -0.804. The van der Waals surface area contributed by atoms with Crippen LogP contribution in [-0.2, 0) is 14.3 Å². The lowest BCUT2D eigenvalue weighted by atomic mass is 10.1. The zero-order chi connectivity index (χ0) is 23.3. The molecule has 2 aromatic rings. The van der Waals surface area contributed by atoms with E-state index in [1.807, 2.05) is 12.1 Å². The molecule has 0 radical (unpaired) electrons. The number of hydrogen-bond donors (Lipinski definition) is 1. The molecule has 1 N–H and O–H groups in total. The summed E-state index contributed by atoms with van der Waals surface area (Å²) in [6.45, 7) is 0.622. The van der Waals surface area contributed by atoms with Crippen molar-refractivity contribution in [2.75, 3.05) is 27.4 Å². The van der Waals surface area contributed by atoms with Gasteiger partial charge in [0.05, 0.1) is 13.7 Å². The van der Waals surface area contributed by atoms with Crippen LogP contribution in [0.4, 0.5) is 0 Å². The topological polar surface area (TPSA) is 121 Å². The molecule has 1 amide bonds. The predicted octanol–water partition coefficient (Wildman–Crippen LogP) is 2.88. The third-order valence-corrected chi connectivity index (χ3v) is 4.13. The van der Waals surface area contributed by atoms with E-state index in [-0.39, 0.29) is 23.4 Å². The first-order chi connectivity index (χ1) is 15.5. The average Bonchev–Trinajstić information content (AvgIpc) is 2.82. The molecule has 0 aliphatic rings. The summed E-state index contributed by atoms with van der Waals surface area (Å²) in [6, 6.07) is 16.7.